The van der Waals surface area contributed by atoms with Crippen LogP contribution in [0.4, 0.5) is 0 Å². The number of carbonyl (C=O) groups excluding carboxylic acids is 1. The van der Waals surface area contributed by atoms with E-state index in [9.17, 15) is 4.79 Å². The van der Waals surface area contributed by atoms with Gasteiger partial charge in [0.25, 0.3) is 5.78 Å². The molecule has 8 heteroatoms. The number of amides is 1. The molecule has 3 rings (SSSR count). The third-order valence-corrected chi connectivity index (χ3v) is 5.21. The van der Waals surface area contributed by atoms with E-state index >= 15 is 0 Å². The lowest BCUT2D eigenvalue weighted by Gasteiger charge is -2.23. The van der Waals surface area contributed by atoms with Crippen LogP contribution >= 0.6 is 11.8 Å². The molecule has 0 aliphatic rings. The minimum absolute atomic E-state index is 0.0402. The number of rotatable bonds is 8. The quantitative estimate of drug-likeness (QED) is 0.542. The van der Waals surface area contributed by atoms with Crippen molar-refractivity contribution in [3.63, 3.8) is 0 Å². The number of ether oxygens (including phenoxy) is 1. The van der Waals surface area contributed by atoms with Crippen LogP contribution in [-0.2, 0) is 22.5 Å². The van der Waals surface area contributed by atoms with Gasteiger partial charge in [0, 0.05) is 37.2 Å². The Morgan fingerprint density at radius 2 is 1.96 bits per heavy atom. The van der Waals surface area contributed by atoms with Crippen molar-refractivity contribution in [3.05, 3.63) is 52.8 Å². The molecule has 7 nitrogen and oxygen atoms in total. The van der Waals surface area contributed by atoms with E-state index in [1.165, 1.54) is 11.8 Å². The van der Waals surface area contributed by atoms with Crippen molar-refractivity contribution in [3.8, 4) is 0 Å². The molecule has 1 aromatic carbocycles. The summed E-state index contributed by atoms with van der Waals surface area (Å²) in [7, 11) is 1.64. The number of thioether (sulfide) groups is 1. The van der Waals surface area contributed by atoms with Crippen molar-refractivity contribution in [1.82, 2.24) is 24.5 Å². The highest BCUT2D eigenvalue weighted by molar-refractivity contribution is 7.98. The summed E-state index contributed by atoms with van der Waals surface area (Å²) in [6, 6.07) is 9.98. The van der Waals surface area contributed by atoms with Crippen molar-refractivity contribution >= 4 is 23.4 Å². The first-order chi connectivity index (χ1) is 13.5. The van der Waals surface area contributed by atoms with Gasteiger partial charge in [-0.3, -0.25) is 4.79 Å². The summed E-state index contributed by atoms with van der Waals surface area (Å²) < 4.78 is 6.92. The zero-order valence-corrected chi connectivity index (χ0v) is 17.5. The van der Waals surface area contributed by atoms with Gasteiger partial charge in [-0.05, 0) is 25.7 Å². The van der Waals surface area contributed by atoms with Crippen LogP contribution in [0.5, 0.6) is 0 Å². The molecule has 0 N–H and O–H groups in total. The number of methoxy groups -OCH3 is 1. The van der Waals surface area contributed by atoms with E-state index in [0.717, 1.165) is 22.5 Å². The van der Waals surface area contributed by atoms with Crippen LogP contribution in [0.3, 0.4) is 0 Å². The maximum absolute atomic E-state index is 13.1. The third kappa shape index (κ3) is 4.51. The lowest BCUT2D eigenvalue weighted by atomic mass is 10.1. The highest BCUT2D eigenvalue weighted by Gasteiger charge is 2.20. The van der Waals surface area contributed by atoms with Crippen molar-refractivity contribution in [2.75, 3.05) is 26.5 Å². The number of carbonyl (C=O) groups is 1. The zero-order chi connectivity index (χ0) is 20.1. The summed E-state index contributed by atoms with van der Waals surface area (Å²) in [5.41, 5.74) is 3.69. The Balaban J connectivity index is 1.86. The Hall–Kier alpha value is -2.45. The summed E-state index contributed by atoms with van der Waals surface area (Å²) in [6.45, 7) is 5.46. The van der Waals surface area contributed by atoms with Crippen LogP contribution in [0.25, 0.3) is 5.78 Å². The Labute approximate surface area is 169 Å². The molecule has 0 saturated heterocycles. The third-order valence-electron chi connectivity index (χ3n) is 4.67. The fourth-order valence-electron chi connectivity index (χ4n) is 3.09. The SMILES string of the molecule is COCCN(Cc1ccccc1)C(=O)Cc1c(C)nc2nc(SC)nn2c1C. The van der Waals surface area contributed by atoms with Gasteiger partial charge in [0.15, 0.2) is 0 Å². The summed E-state index contributed by atoms with van der Waals surface area (Å²) in [6.07, 6.45) is 2.20. The van der Waals surface area contributed by atoms with E-state index in [0.29, 0.717) is 30.6 Å². The first-order valence-corrected chi connectivity index (χ1v) is 10.3. The first-order valence-electron chi connectivity index (χ1n) is 9.11. The van der Waals surface area contributed by atoms with E-state index < -0.39 is 0 Å². The number of benzene rings is 1. The van der Waals surface area contributed by atoms with Crippen LogP contribution in [-0.4, -0.2) is 56.9 Å². The van der Waals surface area contributed by atoms with Crippen molar-refractivity contribution < 1.29 is 9.53 Å². The van der Waals surface area contributed by atoms with E-state index in [4.69, 9.17) is 4.74 Å². The molecule has 0 saturated carbocycles. The second-order valence-corrected chi connectivity index (χ2v) is 7.32. The number of aromatic nitrogens is 4. The van der Waals surface area contributed by atoms with Gasteiger partial charge in [-0.1, -0.05) is 42.1 Å². The monoisotopic (exact) mass is 399 g/mol. The number of nitrogens with zero attached hydrogens (tertiary/aromatic N) is 5. The molecule has 2 aromatic heterocycles. The Kier molecular flexibility index (Phi) is 6.64. The Bertz CT molecular complexity index is 958. The molecule has 148 valence electrons. The maximum atomic E-state index is 13.1. The maximum Gasteiger partial charge on any atom is 0.253 e. The van der Waals surface area contributed by atoms with Crippen LogP contribution < -0.4 is 0 Å². The molecule has 0 unspecified atom stereocenters. The molecular formula is C20H25N5O2S. The predicted octanol–water partition coefficient (Wildman–Crippen LogP) is 2.68. The summed E-state index contributed by atoms with van der Waals surface area (Å²) in [5.74, 6) is 0.606. The highest BCUT2D eigenvalue weighted by Crippen LogP contribution is 2.18. The number of aryl methyl sites for hydroxylation is 2. The molecule has 0 aliphatic heterocycles. The Morgan fingerprint density at radius 1 is 1.21 bits per heavy atom. The van der Waals surface area contributed by atoms with E-state index in [1.807, 2.05) is 55.3 Å². The summed E-state index contributed by atoms with van der Waals surface area (Å²) in [5, 5.41) is 5.13. The molecule has 2 heterocycles. The van der Waals surface area contributed by atoms with Crippen molar-refractivity contribution in [2.45, 2.75) is 32.0 Å². The standard InChI is InChI=1S/C20H25N5O2S/c1-14-17(15(2)25-19(21-14)22-20(23-25)28-4)12-18(26)24(10-11-27-3)13-16-8-6-5-7-9-16/h5-9H,10-13H2,1-4H3. The number of hydrogen-bond acceptors (Lipinski definition) is 6. The number of fused-ring (bicyclic) bond motifs is 1. The van der Waals surface area contributed by atoms with Gasteiger partial charge in [-0.2, -0.15) is 4.98 Å². The molecular weight excluding hydrogens is 374 g/mol. The van der Waals surface area contributed by atoms with Gasteiger partial charge in [-0.25, -0.2) is 9.50 Å². The lowest BCUT2D eigenvalue weighted by molar-refractivity contribution is -0.131. The topological polar surface area (TPSA) is 72.6 Å². The van der Waals surface area contributed by atoms with Crippen LogP contribution in [0.2, 0.25) is 0 Å². The zero-order valence-electron chi connectivity index (χ0n) is 16.7. The van der Waals surface area contributed by atoms with E-state index in [-0.39, 0.29) is 12.3 Å². The largest absolute Gasteiger partial charge is 0.383 e. The molecule has 0 bridgehead atoms. The Morgan fingerprint density at radius 3 is 2.64 bits per heavy atom. The smallest absolute Gasteiger partial charge is 0.253 e. The first kappa shape index (κ1) is 20.3. The molecule has 28 heavy (non-hydrogen) atoms. The normalized spacial score (nSPS) is 11.1. The van der Waals surface area contributed by atoms with Crippen LogP contribution in [0.15, 0.2) is 35.5 Å². The molecule has 0 spiro atoms. The minimum atomic E-state index is 0.0402. The molecule has 3 aromatic rings. The average molecular weight is 400 g/mol. The van der Waals surface area contributed by atoms with Gasteiger partial charge >= 0.3 is 0 Å². The molecule has 0 radical (unpaired) electrons. The van der Waals surface area contributed by atoms with Crippen LogP contribution in [0.1, 0.15) is 22.5 Å². The predicted molar refractivity (Wildman–Crippen MR) is 109 cm³/mol. The minimum Gasteiger partial charge on any atom is -0.383 e. The lowest BCUT2D eigenvalue weighted by Crippen LogP contribution is -2.35. The van der Waals surface area contributed by atoms with Crippen molar-refractivity contribution in [2.24, 2.45) is 0 Å². The highest BCUT2D eigenvalue weighted by atomic mass is 32.2. The van der Waals surface area contributed by atoms with Gasteiger partial charge in [0.1, 0.15) is 0 Å². The van der Waals surface area contributed by atoms with Gasteiger partial charge in [-0.15, -0.1) is 5.10 Å². The second-order valence-electron chi connectivity index (χ2n) is 6.54. The average Bonchev–Trinajstić information content (AvgIpc) is 3.12. The molecule has 1 amide bonds. The van der Waals surface area contributed by atoms with E-state index in [1.54, 1.807) is 11.6 Å². The number of hydrogen-bond donors (Lipinski definition) is 0. The fourth-order valence-corrected chi connectivity index (χ4v) is 3.43. The van der Waals surface area contributed by atoms with Gasteiger partial charge < -0.3 is 9.64 Å². The summed E-state index contributed by atoms with van der Waals surface area (Å²) >= 11 is 1.47. The second kappa shape index (κ2) is 9.16. The molecule has 0 fully saturated rings. The van der Waals surface area contributed by atoms with Gasteiger partial charge in [0.2, 0.25) is 11.1 Å². The van der Waals surface area contributed by atoms with Gasteiger partial charge in [0.05, 0.1) is 13.0 Å². The molecule has 0 atom stereocenters. The molecule has 0 aliphatic carbocycles. The fraction of sp³-hybridized carbons (Fsp3) is 0.400. The van der Waals surface area contributed by atoms with Crippen LogP contribution in [0, 0.1) is 13.8 Å². The van der Waals surface area contributed by atoms with E-state index in [2.05, 4.69) is 15.1 Å². The van der Waals surface area contributed by atoms with Crippen molar-refractivity contribution in [1.29, 1.82) is 0 Å². The summed E-state index contributed by atoms with van der Waals surface area (Å²) in [4.78, 5) is 23.9.